The molecule has 3 aromatic heterocycles. The van der Waals surface area contributed by atoms with Crippen LogP contribution in [0.2, 0.25) is 0 Å². The third-order valence-corrected chi connectivity index (χ3v) is 5.17. The minimum absolute atomic E-state index is 0.637. The fourth-order valence-corrected chi connectivity index (χ4v) is 3.75. The summed E-state index contributed by atoms with van der Waals surface area (Å²) >= 11 is 1.68. The molecule has 0 atom stereocenters. The molecule has 0 aliphatic carbocycles. The molecule has 0 saturated carbocycles. The highest BCUT2D eigenvalue weighted by atomic mass is 32.1. The smallest absolute Gasteiger partial charge is 0.209 e. The highest BCUT2D eigenvalue weighted by Gasteiger charge is 2.21. The van der Waals surface area contributed by atoms with Crippen molar-refractivity contribution in [2.45, 2.75) is 25.4 Å². The van der Waals surface area contributed by atoms with Crippen molar-refractivity contribution >= 4 is 11.3 Å². The maximum absolute atomic E-state index is 5.88. The van der Waals surface area contributed by atoms with Gasteiger partial charge in [0.25, 0.3) is 0 Å². The lowest BCUT2D eigenvalue weighted by atomic mass is 10.1. The van der Waals surface area contributed by atoms with Gasteiger partial charge in [-0.15, -0.1) is 11.3 Å². The van der Waals surface area contributed by atoms with Gasteiger partial charge in [0.15, 0.2) is 5.76 Å². The van der Waals surface area contributed by atoms with Crippen LogP contribution in [0.3, 0.4) is 0 Å². The Bertz CT molecular complexity index is 694. The summed E-state index contributed by atoms with van der Waals surface area (Å²) in [5, 5.41) is 2.06. The molecule has 5 heteroatoms. The number of likely N-dealkylation sites (tertiary alicyclic amines) is 1. The van der Waals surface area contributed by atoms with E-state index in [2.05, 4.69) is 50.4 Å². The zero-order valence-electron chi connectivity index (χ0n) is 12.4. The zero-order chi connectivity index (χ0) is 14.8. The summed E-state index contributed by atoms with van der Waals surface area (Å²) in [6.07, 6.45) is 8.55. The highest BCUT2D eigenvalue weighted by molar-refractivity contribution is 7.13. The fraction of sp³-hybridized carbons (Fsp3) is 0.353. The largest absolute Gasteiger partial charge is 0.438 e. The standard InChI is InChI=1S/C17H19N3OS/c1-2-8-20(7-1)14-5-9-19(10-6-14)13-17-18-12-15(21-17)16-4-3-11-22-16/h1-4,7-8,11-12,14H,5-6,9-10,13H2. The topological polar surface area (TPSA) is 34.2 Å². The number of rotatable bonds is 4. The summed E-state index contributed by atoms with van der Waals surface area (Å²) in [6.45, 7) is 3.00. The van der Waals surface area contributed by atoms with E-state index in [4.69, 9.17) is 4.42 Å². The van der Waals surface area contributed by atoms with Gasteiger partial charge in [-0.05, 0) is 36.4 Å². The maximum Gasteiger partial charge on any atom is 0.209 e. The Labute approximate surface area is 134 Å². The third kappa shape index (κ3) is 2.87. The van der Waals surface area contributed by atoms with Crippen LogP contribution in [0.25, 0.3) is 10.6 Å². The maximum atomic E-state index is 5.88. The van der Waals surface area contributed by atoms with E-state index in [1.54, 1.807) is 11.3 Å². The van der Waals surface area contributed by atoms with Gasteiger partial charge in [-0.1, -0.05) is 6.07 Å². The van der Waals surface area contributed by atoms with E-state index >= 15 is 0 Å². The molecule has 4 nitrogen and oxygen atoms in total. The number of aromatic nitrogens is 2. The number of piperidine rings is 1. The molecular formula is C17H19N3OS. The molecule has 4 rings (SSSR count). The lowest BCUT2D eigenvalue weighted by Crippen LogP contribution is -2.34. The van der Waals surface area contributed by atoms with Gasteiger partial charge in [-0.3, -0.25) is 4.90 Å². The van der Waals surface area contributed by atoms with Crippen LogP contribution in [-0.4, -0.2) is 27.5 Å². The van der Waals surface area contributed by atoms with Crippen LogP contribution in [-0.2, 0) is 6.54 Å². The molecule has 114 valence electrons. The Morgan fingerprint density at radius 1 is 1.18 bits per heavy atom. The summed E-state index contributed by atoms with van der Waals surface area (Å²) in [5.41, 5.74) is 0. The van der Waals surface area contributed by atoms with Gasteiger partial charge >= 0.3 is 0 Å². The zero-order valence-corrected chi connectivity index (χ0v) is 13.2. The third-order valence-electron chi connectivity index (χ3n) is 4.28. The predicted molar refractivity (Wildman–Crippen MR) is 87.8 cm³/mol. The minimum Gasteiger partial charge on any atom is -0.438 e. The van der Waals surface area contributed by atoms with Crippen molar-refractivity contribution in [2.24, 2.45) is 0 Å². The van der Waals surface area contributed by atoms with Crippen LogP contribution in [0.4, 0.5) is 0 Å². The molecule has 0 amide bonds. The normalized spacial score (nSPS) is 17.1. The summed E-state index contributed by atoms with van der Waals surface area (Å²) in [6, 6.07) is 8.94. The number of hydrogen-bond acceptors (Lipinski definition) is 4. The first-order valence-corrected chi connectivity index (χ1v) is 8.60. The predicted octanol–water partition coefficient (Wildman–Crippen LogP) is 4.04. The number of thiophene rings is 1. The molecule has 4 heterocycles. The molecule has 1 fully saturated rings. The fourth-order valence-electron chi connectivity index (χ4n) is 3.07. The summed E-state index contributed by atoms with van der Waals surface area (Å²) < 4.78 is 8.21. The van der Waals surface area contributed by atoms with Crippen molar-refractivity contribution in [1.82, 2.24) is 14.5 Å². The Kier molecular flexibility index (Phi) is 3.83. The van der Waals surface area contributed by atoms with E-state index in [-0.39, 0.29) is 0 Å². The van der Waals surface area contributed by atoms with Gasteiger partial charge in [0.05, 0.1) is 17.6 Å². The molecule has 0 N–H and O–H groups in total. The van der Waals surface area contributed by atoms with Crippen molar-refractivity contribution < 1.29 is 4.42 Å². The highest BCUT2D eigenvalue weighted by Crippen LogP contribution is 2.27. The second kappa shape index (κ2) is 6.10. The van der Waals surface area contributed by atoms with Gasteiger partial charge in [0.2, 0.25) is 5.89 Å². The Hall–Kier alpha value is -1.85. The number of nitrogens with zero attached hydrogens (tertiary/aromatic N) is 3. The molecule has 0 aromatic carbocycles. The average molecular weight is 313 g/mol. The van der Waals surface area contributed by atoms with Crippen LogP contribution < -0.4 is 0 Å². The second-order valence-corrected chi connectivity index (χ2v) is 6.68. The Morgan fingerprint density at radius 2 is 2.00 bits per heavy atom. The van der Waals surface area contributed by atoms with Crippen molar-refractivity contribution in [3.63, 3.8) is 0 Å². The van der Waals surface area contributed by atoms with Gasteiger partial charge in [0, 0.05) is 31.5 Å². The Balaban J connectivity index is 1.35. The van der Waals surface area contributed by atoms with Gasteiger partial charge < -0.3 is 8.98 Å². The lowest BCUT2D eigenvalue weighted by Gasteiger charge is -2.31. The van der Waals surface area contributed by atoms with E-state index < -0.39 is 0 Å². The quantitative estimate of drug-likeness (QED) is 0.729. The van der Waals surface area contributed by atoms with Crippen molar-refractivity contribution in [2.75, 3.05) is 13.1 Å². The van der Waals surface area contributed by atoms with Crippen LogP contribution in [0.15, 0.2) is 52.7 Å². The van der Waals surface area contributed by atoms with Crippen molar-refractivity contribution in [3.05, 3.63) is 54.1 Å². The van der Waals surface area contributed by atoms with Crippen LogP contribution in [0.1, 0.15) is 24.8 Å². The SMILES string of the molecule is c1csc(-c2cnc(CN3CCC(n4cccc4)CC3)o2)c1. The number of oxazole rings is 1. The minimum atomic E-state index is 0.637. The Morgan fingerprint density at radius 3 is 2.73 bits per heavy atom. The molecule has 0 radical (unpaired) electrons. The van der Waals surface area contributed by atoms with E-state index in [0.29, 0.717) is 6.04 Å². The molecule has 3 aromatic rings. The molecular weight excluding hydrogens is 294 g/mol. The summed E-state index contributed by atoms with van der Waals surface area (Å²) in [5.74, 6) is 1.70. The molecule has 0 bridgehead atoms. The first kappa shape index (κ1) is 13.8. The molecule has 0 unspecified atom stereocenters. The van der Waals surface area contributed by atoms with E-state index in [9.17, 15) is 0 Å². The van der Waals surface area contributed by atoms with E-state index in [0.717, 1.165) is 36.2 Å². The summed E-state index contributed by atoms with van der Waals surface area (Å²) in [7, 11) is 0. The molecule has 1 saturated heterocycles. The van der Waals surface area contributed by atoms with Gasteiger partial charge in [0.1, 0.15) is 0 Å². The lowest BCUT2D eigenvalue weighted by molar-refractivity contribution is 0.167. The first-order chi connectivity index (χ1) is 10.9. The molecule has 22 heavy (non-hydrogen) atoms. The average Bonchev–Trinajstić information content (AvgIpc) is 3.30. The van der Waals surface area contributed by atoms with Crippen molar-refractivity contribution in [3.8, 4) is 10.6 Å². The van der Waals surface area contributed by atoms with E-state index in [1.807, 2.05) is 12.3 Å². The number of hydrogen-bond donors (Lipinski definition) is 0. The van der Waals surface area contributed by atoms with E-state index in [1.165, 1.54) is 12.8 Å². The molecule has 0 spiro atoms. The van der Waals surface area contributed by atoms with Crippen LogP contribution >= 0.6 is 11.3 Å². The monoisotopic (exact) mass is 313 g/mol. The van der Waals surface area contributed by atoms with Crippen LogP contribution in [0.5, 0.6) is 0 Å². The molecule has 1 aliphatic heterocycles. The van der Waals surface area contributed by atoms with Crippen LogP contribution in [0, 0.1) is 0 Å². The van der Waals surface area contributed by atoms with Gasteiger partial charge in [-0.2, -0.15) is 0 Å². The summed E-state index contributed by atoms with van der Waals surface area (Å²) in [4.78, 5) is 8.01. The second-order valence-electron chi connectivity index (χ2n) is 5.73. The van der Waals surface area contributed by atoms with Crippen molar-refractivity contribution in [1.29, 1.82) is 0 Å². The molecule has 1 aliphatic rings. The van der Waals surface area contributed by atoms with Gasteiger partial charge in [-0.25, -0.2) is 4.98 Å². The first-order valence-electron chi connectivity index (χ1n) is 7.72.